The number of pyridine rings is 1. The van der Waals surface area contributed by atoms with Crippen LogP contribution in [0.1, 0.15) is 0 Å². The standard InChI is InChI=1S/C22H18N2O3/c1-26-19-12-17-7-4-10-23-22(17)20(13-19)24-21(25)14-27-18-9-8-15-5-2-3-6-16(15)11-18/h2-13H,14H2,1H3,(H,24,25). The Kier molecular flexibility index (Phi) is 4.58. The molecule has 0 aliphatic carbocycles. The smallest absolute Gasteiger partial charge is 0.262 e. The second-order valence-electron chi connectivity index (χ2n) is 6.10. The Balaban J connectivity index is 1.50. The maximum atomic E-state index is 12.4. The fourth-order valence-corrected chi connectivity index (χ4v) is 2.97. The first-order chi connectivity index (χ1) is 13.2. The number of nitrogens with zero attached hydrogens (tertiary/aromatic N) is 1. The van der Waals surface area contributed by atoms with Crippen LogP contribution in [0.5, 0.6) is 11.5 Å². The normalized spacial score (nSPS) is 10.7. The number of hydrogen-bond acceptors (Lipinski definition) is 4. The van der Waals surface area contributed by atoms with Crippen molar-refractivity contribution in [3.63, 3.8) is 0 Å². The van der Waals surface area contributed by atoms with Crippen molar-refractivity contribution in [2.24, 2.45) is 0 Å². The number of anilines is 1. The highest BCUT2D eigenvalue weighted by molar-refractivity contribution is 6.01. The van der Waals surface area contributed by atoms with E-state index in [2.05, 4.69) is 10.3 Å². The molecule has 1 heterocycles. The lowest BCUT2D eigenvalue weighted by atomic mass is 10.1. The predicted molar refractivity (Wildman–Crippen MR) is 106 cm³/mol. The van der Waals surface area contributed by atoms with Gasteiger partial charge in [0.15, 0.2) is 6.61 Å². The summed E-state index contributed by atoms with van der Waals surface area (Å²) in [6.45, 7) is -0.0934. The molecule has 134 valence electrons. The number of carbonyl (C=O) groups is 1. The molecule has 0 aliphatic rings. The highest BCUT2D eigenvalue weighted by Gasteiger charge is 2.10. The Morgan fingerprint density at radius 1 is 0.926 bits per heavy atom. The number of fused-ring (bicyclic) bond motifs is 2. The number of rotatable bonds is 5. The summed E-state index contributed by atoms with van der Waals surface area (Å²) in [6, 6.07) is 21.2. The van der Waals surface area contributed by atoms with Crippen molar-refractivity contribution in [3.8, 4) is 11.5 Å². The van der Waals surface area contributed by atoms with Crippen LogP contribution in [-0.2, 0) is 4.79 Å². The van der Waals surface area contributed by atoms with Crippen LogP contribution in [0.25, 0.3) is 21.7 Å². The number of methoxy groups -OCH3 is 1. The molecule has 0 radical (unpaired) electrons. The predicted octanol–water partition coefficient (Wildman–Crippen LogP) is 4.41. The number of ether oxygens (including phenoxy) is 2. The van der Waals surface area contributed by atoms with Crippen LogP contribution in [-0.4, -0.2) is 24.6 Å². The molecule has 4 rings (SSSR count). The van der Waals surface area contributed by atoms with Crippen LogP contribution in [0.3, 0.4) is 0 Å². The molecule has 0 aliphatic heterocycles. The maximum absolute atomic E-state index is 12.4. The lowest BCUT2D eigenvalue weighted by Gasteiger charge is -2.11. The Labute approximate surface area is 156 Å². The van der Waals surface area contributed by atoms with E-state index in [1.54, 1.807) is 19.4 Å². The third-order valence-electron chi connectivity index (χ3n) is 4.28. The molecule has 5 heteroatoms. The van der Waals surface area contributed by atoms with Crippen LogP contribution in [0, 0.1) is 0 Å². The van der Waals surface area contributed by atoms with E-state index in [4.69, 9.17) is 9.47 Å². The summed E-state index contributed by atoms with van der Waals surface area (Å²) >= 11 is 0. The van der Waals surface area contributed by atoms with Gasteiger partial charge in [-0.2, -0.15) is 0 Å². The second-order valence-corrected chi connectivity index (χ2v) is 6.10. The van der Waals surface area contributed by atoms with Gasteiger partial charge in [0.1, 0.15) is 11.5 Å². The Bertz CT molecular complexity index is 1120. The number of aromatic nitrogens is 1. The molecule has 27 heavy (non-hydrogen) atoms. The molecule has 0 spiro atoms. The van der Waals surface area contributed by atoms with E-state index in [0.29, 0.717) is 22.7 Å². The summed E-state index contributed by atoms with van der Waals surface area (Å²) in [5.74, 6) is 1.04. The van der Waals surface area contributed by atoms with Crippen LogP contribution in [0.15, 0.2) is 72.9 Å². The van der Waals surface area contributed by atoms with Gasteiger partial charge in [-0.1, -0.05) is 36.4 Å². The topological polar surface area (TPSA) is 60.5 Å². The maximum Gasteiger partial charge on any atom is 0.262 e. The summed E-state index contributed by atoms with van der Waals surface area (Å²) in [6.07, 6.45) is 1.69. The first-order valence-corrected chi connectivity index (χ1v) is 8.57. The molecule has 3 aromatic carbocycles. The number of nitrogens with one attached hydrogen (secondary N) is 1. The highest BCUT2D eigenvalue weighted by Crippen LogP contribution is 2.27. The fourth-order valence-electron chi connectivity index (χ4n) is 2.97. The molecule has 1 aromatic heterocycles. The highest BCUT2D eigenvalue weighted by atomic mass is 16.5. The van der Waals surface area contributed by atoms with Gasteiger partial charge in [0.25, 0.3) is 5.91 Å². The Hall–Kier alpha value is -3.60. The third kappa shape index (κ3) is 3.67. The monoisotopic (exact) mass is 358 g/mol. The minimum atomic E-state index is -0.261. The van der Waals surface area contributed by atoms with Crippen molar-refractivity contribution >= 4 is 33.3 Å². The molecule has 0 fully saturated rings. The van der Waals surface area contributed by atoms with E-state index < -0.39 is 0 Å². The molecule has 0 unspecified atom stereocenters. The molecule has 5 nitrogen and oxygen atoms in total. The quantitative estimate of drug-likeness (QED) is 0.574. The van der Waals surface area contributed by atoms with Gasteiger partial charge in [-0.05, 0) is 35.0 Å². The number of benzene rings is 3. The van der Waals surface area contributed by atoms with E-state index in [1.807, 2.05) is 60.7 Å². The summed E-state index contributed by atoms with van der Waals surface area (Å²) in [4.78, 5) is 16.7. The number of hydrogen-bond donors (Lipinski definition) is 1. The van der Waals surface area contributed by atoms with Gasteiger partial charge in [0.2, 0.25) is 0 Å². The van der Waals surface area contributed by atoms with Crippen molar-refractivity contribution in [2.75, 3.05) is 19.0 Å². The lowest BCUT2D eigenvalue weighted by molar-refractivity contribution is -0.118. The van der Waals surface area contributed by atoms with Crippen LogP contribution < -0.4 is 14.8 Å². The first-order valence-electron chi connectivity index (χ1n) is 8.57. The van der Waals surface area contributed by atoms with Gasteiger partial charge < -0.3 is 14.8 Å². The molecule has 1 N–H and O–H groups in total. The Morgan fingerprint density at radius 3 is 2.56 bits per heavy atom. The molecular weight excluding hydrogens is 340 g/mol. The van der Waals surface area contributed by atoms with Crippen LogP contribution in [0.4, 0.5) is 5.69 Å². The van der Waals surface area contributed by atoms with Gasteiger partial charge in [0.05, 0.1) is 18.3 Å². The van der Waals surface area contributed by atoms with E-state index in [1.165, 1.54) is 0 Å². The van der Waals surface area contributed by atoms with Gasteiger partial charge in [-0.25, -0.2) is 0 Å². The van der Waals surface area contributed by atoms with E-state index in [-0.39, 0.29) is 12.5 Å². The first kappa shape index (κ1) is 16.8. The van der Waals surface area contributed by atoms with Gasteiger partial charge in [0, 0.05) is 17.6 Å². The molecule has 1 amide bonds. The lowest BCUT2D eigenvalue weighted by Crippen LogP contribution is -2.20. The number of carbonyl (C=O) groups excluding carboxylic acids is 1. The van der Waals surface area contributed by atoms with Crippen LogP contribution in [0.2, 0.25) is 0 Å². The van der Waals surface area contributed by atoms with Gasteiger partial charge in [-0.3, -0.25) is 9.78 Å². The average molecular weight is 358 g/mol. The fraction of sp³-hybridized carbons (Fsp3) is 0.0909. The van der Waals surface area contributed by atoms with Crippen LogP contribution >= 0.6 is 0 Å². The van der Waals surface area contributed by atoms with Gasteiger partial charge >= 0.3 is 0 Å². The van der Waals surface area contributed by atoms with E-state index >= 15 is 0 Å². The molecule has 0 saturated carbocycles. The second kappa shape index (κ2) is 7.33. The zero-order valence-corrected chi connectivity index (χ0v) is 14.8. The zero-order chi connectivity index (χ0) is 18.6. The van der Waals surface area contributed by atoms with E-state index in [9.17, 15) is 4.79 Å². The minimum Gasteiger partial charge on any atom is -0.497 e. The molecule has 0 atom stereocenters. The van der Waals surface area contributed by atoms with Crippen molar-refractivity contribution in [3.05, 3.63) is 72.9 Å². The molecule has 4 aromatic rings. The van der Waals surface area contributed by atoms with Crippen molar-refractivity contribution < 1.29 is 14.3 Å². The van der Waals surface area contributed by atoms with Crippen molar-refractivity contribution in [1.29, 1.82) is 0 Å². The van der Waals surface area contributed by atoms with E-state index in [0.717, 1.165) is 16.2 Å². The number of amides is 1. The average Bonchev–Trinajstić information content (AvgIpc) is 2.72. The molecular formula is C22H18N2O3. The minimum absolute atomic E-state index is 0.0934. The molecule has 0 saturated heterocycles. The Morgan fingerprint density at radius 2 is 1.70 bits per heavy atom. The summed E-state index contributed by atoms with van der Waals surface area (Å²) in [5.41, 5.74) is 1.30. The summed E-state index contributed by atoms with van der Waals surface area (Å²) in [7, 11) is 1.59. The summed E-state index contributed by atoms with van der Waals surface area (Å²) < 4.78 is 11.0. The summed E-state index contributed by atoms with van der Waals surface area (Å²) in [5, 5.41) is 5.95. The largest absolute Gasteiger partial charge is 0.497 e. The van der Waals surface area contributed by atoms with Gasteiger partial charge in [-0.15, -0.1) is 0 Å². The van der Waals surface area contributed by atoms with Crippen molar-refractivity contribution in [1.82, 2.24) is 4.98 Å². The zero-order valence-electron chi connectivity index (χ0n) is 14.8. The SMILES string of the molecule is COc1cc(NC(=O)COc2ccc3ccccc3c2)c2ncccc2c1. The van der Waals surface area contributed by atoms with Crippen molar-refractivity contribution in [2.45, 2.75) is 0 Å². The third-order valence-corrected chi connectivity index (χ3v) is 4.28. The molecule has 0 bridgehead atoms.